The molecule has 0 bridgehead atoms. The third-order valence-corrected chi connectivity index (χ3v) is 3.61. The first-order chi connectivity index (χ1) is 10.2. The summed E-state index contributed by atoms with van der Waals surface area (Å²) in [6.07, 6.45) is 4.80. The third kappa shape index (κ3) is 4.57. The Morgan fingerprint density at radius 3 is 2.62 bits per heavy atom. The monoisotopic (exact) mass is 284 g/mol. The highest BCUT2D eigenvalue weighted by atomic mass is 16.5. The van der Waals surface area contributed by atoms with Crippen LogP contribution >= 0.6 is 0 Å². The molecule has 0 saturated heterocycles. The molecule has 0 fully saturated rings. The second kappa shape index (κ2) is 7.79. The van der Waals surface area contributed by atoms with Crippen LogP contribution in [0.15, 0.2) is 42.6 Å². The molecule has 0 aliphatic rings. The first kappa shape index (κ1) is 15.5. The van der Waals surface area contributed by atoms with Crippen LogP contribution in [0.5, 0.6) is 5.75 Å². The Balaban J connectivity index is 1.96. The molecule has 0 aliphatic heterocycles. The number of ether oxygens (including phenoxy) is 1. The van der Waals surface area contributed by atoms with Crippen LogP contribution in [0.2, 0.25) is 0 Å². The summed E-state index contributed by atoms with van der Waals surface area (Å²) in [5.74, 6) is 0.911. The highest BCUT2D eigenvalue weighted by Gasteiger charge is 2.09. The molecular formula is C18H24N2O. The Morgan fingerprint density at radius 1 is 1.19 bits per heavy atom. The smallest absolute Gasteiger partial charge is 0.119 e. The molecule has 3 nitrogen and oxygen atoms in total. The maximum Gasteiger partial charge on any atom is 0.119 e. The lowest BCUT2D eigenvalue weighted by molar-refractivity contribution is 0.309. The van der Waals surface area contributed by atoms with Gasteiger partial charge in [0.1, 0.15) is 5.75 Å². The van der Waals surface area contributed by atoms with Crippen molar-refractivity contribution in [1.29, 1.82) is 0 Å². The Labute approximate surface area is 127 Å². The van der Waals surface area contributed by atoms with E-state index in [2.05, 4.69) is 24.9 Å². The van der Waals surface area contributed by atoms with Crippen molar-refractivity contribution in [3.05, 3.63) is 59.4 Å². The van der Waals surface area contributed by atoms with Crippen LogP contribution in [0.1, 0.15) is 42.6 Å². The Hall–Kier alpha value is -1.87. The van der Waals surface area contributed by atoms with Crippen molar-refractivity contribution in [2.45, 2.75) is 39.2 Å². The zero-order valence-electron chi connectivity index (χ0n) is 12.9. The molecule has 2 N–H and O–H groups in total. The minimum Gasteiger partial charge on any atom is -0.494 e. The second-order valence-corrected chi connectivity index (χ2v) is 5.35. The molecule has 21 heavy (non-hydrogen) atoms. The van der Waals surface area contributed by atoms with Crippen LogP contribution in [0.25, 0.3) is 0 Å². The zero-order chi connectivity index (χ0) is 15.1. The van der Waals surface area contributed by atoms with E-state index in [1.165, 1.54) is 5.56 Å². The Bertz CT molecular complexity index is 551. The van der Waals surface area contributed by atoms with Crippen LogP contribution in [-0.4, -0.2) is 11.6 Å². The van der Waals surface area contributed by atoms with Gasteiger partial charge in [0.2, 0.25) is 0 Å². The summed E-state index contributed by atoms with van der Waals surface area (Å²) in [4.78, 5) is 4.41. The lowest BCUT2D eigenvalue weighted by Crippen LogP contribution is -2.14. The predicted molar refractivity (Wildman–Crippen MR) is 86.5 cm³/mol. The number of unbranched alkanes of at least 4 members (excludes halogenated alkanes) is 1. The van der Waals surface area contributed by atoms with Crippen molar-refractivity contribution >= 4 is 0 Å². The van der Waals surface area contributed by atoms with Crippen molar-refractivity contribution in [2.75, 3.05) is 6.61 Å². The van der Waals surface area contributed by atoms with Gasteiger partial charge < -0.3 is 10.5 Å². The summed E-state index contributed by atoms with van der Waals surface area (Å²) in [5, 5.41) is 0. The molecule has 112 valence electrons. The fourth-order valence-corrected chi connectivity index (χ4v) is 2.20. The van der Waals surface area contributed by atoms with Gasteiger partial charge in [-0.15, -0.1) is 0 Å². The molecular weight excluding hydrogens is 260 g/mol. The standard InChI is InChI=1S/C18H24N2O/c1-3-4-12-21-16-9-7-15(8-10-16)17(19)13-18-14(2)6-5-11-20-18/h5-11,17H,3-4,12-13,19H2,1-2H3. The summed E-state index contributed by atoms with van der Waals surface area (Å²) >= 11 is 0. The maximum atomic E-state index is 6.29. The number of benzene rings is 1. The minimum atomic E-state index is -0.0386. The average Bonchev–Trinajstić information content (AvgIpc) is 2.50. The highest BCUT2D eigenvalue weighted by Crippen LogP contribution is 2.20. The van der Waals surface area contributed by atoms with Crippen LogP contribution in [0.4, 0.5) is 0 Å². The lowest BCUT2D eigenvalue weighted by Gasteiger charge is -2.14. The first-order valence-corrected chi connectivity index (χ1v) is 7.59. The molecule has 0 aliphatic carbocycles. The normalized spacial score (nSPS) is 12.1. The molecule has 1 heterocycles. The SMILES string of the molecule is CCCCOc1ccc(C(N)Cc2ncccc2C)cc1. The summed E-state index contributed by atoms with van der Waals surface area (Å²) < 4.78 is 5.67. The number of hydrogen-bond donors (Lipinski definition) is 1. The fraction of sp³-hybridized carbons (Fsp3) is 0.389. The van der Waals surface area contributed by atoms with E-state index in [9.17, 15) is 0 Å². The van der Waals surface area contributed by atoms with Crippen molar-refractivity contribution in [3.63, 3.8) is 0 Å². The highest BCUT2D eigenvalue weighted by molar-refractivity contribution is 5.30. The molecule has 2 aromatic rings. The van der Waals surface area contributed by atoms with Crippen LogP contribution in [-0.2, 0) is 6.42 Å². The number of aryl methyl sites for hydroxylation is 1. The summed E-state index contributed by atoms with van der Waals surface area (Å²) in [6.45, 7) is 5.00. The van der Waals surface area contributed by atoms with E-state index in [-0.39, 0.29) is 6.04 Å². The number of nitrogens with two attached hydrogens (primary N) is 1. The van der Waals surface area contributed by atoms with E-state index in [1.807, 2.05) is 36.5 Å². The van der Waals surface area contributed by atoms with Crippen LogP contribution in [0, 0.1) is 6.92 Å². The van der Waals surface area contributed by atoms with Gasteiger partial charge in [0, 0.05) is 24.4 Å². The summed E-state index contributed by atoms with van der Waals surface area (Å²) in [7, 11) is 0. The topological polar surface area (TPSA) is 48.1 Å². The van der Waals surface area contributed by atoms with Gasteiger partial charge in [0.05, 0.1) is 6.61 Å². The zero-order valence-corrected chi connectivity index (χ0v) is 12.9. The van der Waals surface area contributed by atoms with E-state index in [0.29, 0.717) is 0 Å². The van der Waals surface area contributed by atoms with Gasteiger partial charge in [-0.1, -0.05) is 31.5 Å². The van der Waals surface area contributed by atoms with Crippen LogP contribution in [0.3, 0.4) is 0 Å². The van der Waals surface area contributed by atoms with E-state index < -0.39 is 0 Å². The molecule has 3 heteroatoms. The van der Waals surface area contributed by atoms with Gasteiger partial charge in [0.15, 0.2) is 0 Å². The van der Waals surface area contributed by atoms with Crippen LogP contribution < -0.4 is 10.5 Å². The van der Waals surface area contributed by atoms with Crippen molar-refractivity contribution in [2.24, 2.45) is 5.73 Å². The van der Waals surface area contributed by atoms with E-state index in [4.69, 9.17) is 10.5 Å². The molecule has 2 rings (SSSR count). The average molecular weight is 284 g/mol. The Morgan fingerprint density at radius 2 is 1.95 bits per heavy atom. The van der Waals surface area contributed by atoms with E-state index in [1.54, 1.807) is 0 Å². The molecule has 1 unspecified atom stereocenters. The number of nitrogens with zero attached hydrogens (tertiary/aromatic N) is 1. The Kier molecular flexibility index (Phi) is 5.76. The fourth-order valence-electron chi connectivity index (χ4n) is 2.20. The summed E-state index contributed by atoms with van der Waals surface area (Å²) in [6, 6.07) is 12.1. The van der Waals surface area contributed by atoms with Gasteiger partial charge in [-0.05, 0) is 42.7 Å². The molecule has 1 aromatic heterocycles. The largest absolute Gasteiger partial charge is 0.494 e. The van der Waals surface area contributed by atoms with Gasteiger partial charge in [-0.2, -0.15) is 0 Å². The quantitative estimate of drug-likeness (QED) is 0.786. The summed E-state index contributed by atoms with van der Waals surface area (Å²) in [5.41, 5.74) is 9.65. The minimum absolute atomic E-state index is 0.0386. The van der Waals surface area contributed by atoms with Crippen molar-refractivity contribution in [1.82, 2.24) is 4.98 Å². The van der Waals surface area contributed by atoms with E-state index in [0.717, 1.165) is 42.9 Å². The molecule has 0 radical (unpaired) electrons. The maximum absolute atomic E-state index is 6.29. The number of aromatic nitrogens is 1. The molecule has 1 aromatic carbocycles. The second-order valence-electron chi connectivity index (χ2n) is 5.35. The third-order valence-electron chi connectivity index (χ3n) is 3.61. The molecule has 0 spiro atoms. The van der Waals surface area contributed by atoms with Crippen molar-refractivity contribution < 1.29 is 4.74 Å². The number of hydrogen-bond acceptors (Lipinski definition) is 3. The molecule has 1 atom stereocenters. The first-order valence-electron chi connectivity index (χ1n) is 7.59. The molecule has 0 saturated carbocycles. The van der Waals surface area contributed by atoms with Gasteiger partial charge >= 0.3 is 0 Å². The van der Waals surface area contributed by atoms with Gasteiger partial charge in [-0.3, -0.25) is 4.98 Å². The molecule has 0 amide bonds. The predicted octanol–water partition coefficient (Wildman–Crippen LogP) is 3.81. The van der Waals surface area contributed by atoms with E-state index >= 15 is 0 Å². The van der Waals surface area contributed by atoms with Crippen molar-refractivity contribution in [3.8, 4) is 5.75 Å². The lowest BCUT2D eigenvalue weighted by atomic mass is 10.0. The van der Waals surface area contributed by atoms with Gasteiger partial charge in [0.25, 0.3) is 0 Å². The number of rotatable bonds is 7. The number of pyridine rings is 1. The van der Waals surface area contributed by atoms with Gasteiger partial charge in [-0.25, -0.2) is 0 Å².